The Bertz CT molecular complexity index is 1150. The maximum Gasteiger partial charge on any atom is 0.232 e. The molecule has 2 aromatic rings. The average Bonchev–Trinajstić information content (AvgIpc) is 2.98. The van der Waals surface area contributed by atoms with E-state index in [4.69, 9.17) is 0 Å². The van der Waals surface area contributed by atoms with Crippen LogP contribution in [-0.2, 0) is 28.9 Å². The lowest BCUT2D eigenvalue weighted by Crippen LogP contribution is -2.40. The van der Waals surface area contributed by atoms with E-state index in [9.17, 15) is 14.9 Å². The molecule has 0 fully saturated rings. The van der Waals surface area contributed by atoms with Gasteiger partial charge in [-0.2, -0.15) is 5.26 Å². The highest BCUT2D eigenvalue weighted by molar-refractivity contribution is 7.16. The summed E-state index contributed by atoms with van der Waals surface area (Å²) in [5, 5.41) is 10.8. The van der Waals surface area contributed by atoms with E-state index in [1.54, 1.807) is 16.2 Å². The number of aryl methyl sites for hydroxylation is 2. The molecule has 0 saturated carbocycles. The molecule has 1 amide bonds. The number of amides is 1. The van der Waals surface area contributed by atoms with E-state index in [1.807, 2.05) is 0 Å². The van der Waals surface area contributed by atoms with Crippen molar-refractivity contribution in [3.63, 3.8) is 0 Å². The number of carbonyl (C=O) groups excluding carboxylic acids is 2. The smallest absolute Gasteiger partial charge is 0.232 e. The second-order valence-electron chi connectivity index (χ2n) is 9.07. The Balaban J connectivity index is 1.63. The predicted octanol–water partition coefficient (Wildman–Crippen LogP) is 5.98. The van der Waals surface area contributed by atoms with Gasteiger partial charge in [-0.05, 0) is 61.6 Å². The van der Waals surface area contributed by atoms with Crippen LogP contribution in [0.25, 0.3) is 0 Å². The topological polar surface area (TPSA) is 61.2 Å². The van der Waals surface area contributed by atoms with Crippen molar-refractivity contribution in [1.82, 2.24) is 0 Å². The fourth-order valence-corrected chi connectivity index (χ4v) is 6.88. The minimum Gasteiger partial charge on any atom is -0.294 e. The van der Waals surface area contributed by atoms with Crippen LogP contribution >= 0.6 is 11.3 Å². The summed E-state index contributed by atoms with van der Waals surface area (Å²) in [6.07, 6.45) is 8.56. The highest BCUT2D eigenvalue weighted by Crippen LogP contribution is 2.47. The van der Waals surface area contributed by atoms with Crippen LogP contribution in [0.1, 0.15) is 84.9 Å². The van der Waals surface area contributed by atoms with Crippen molar-refractivity contribution in [2.45, 2.75) is 77.0 Å². The Morgan fingerprint density at radius 3 is 2.56 bits per heavy atom. The number of hydrogen-bond acceptors (Lipinski definition) is 4. The molecule has 32 heavy (non-hydrogen) atoms. The van der Waals surface area contributed by atoms with Crippen LogP contribution in [0.5, 0.6) is 0 Å². The number of nitrogens with zero attached hydrogens (tertiary/aromatic N) is 2. The van der Waals surface area contributed by atoms with Gasteiger partial charge >= 0.3 is 0 Å². The molecule has 5 heteroatoms. The SMILES string of the molecule is CCc1ccc(C2CC(=O)N(c3sc4c(c3C#N)CCCCC4)C3=C2C(=O)CCC3)cc1. The monoisotopic (exact) mass is 444 g/mol. The summed E-state index contributed by atoms with van der Waals surface area (Å²) in [7, 11) is 0. The largest absolute Gasteiger partial charge is 0.294 e. The van der Waals surface area contributed by atoms with Gasteiger partial charge in [0.1, 0.15) is 11.1 Å². The maximum absolute atomic E-state index is 13.6. The summed E-state index contributed by atoms with van der Waals surface area (Å²) in [4.78, 5) is 29.8. The lowest BCUT2D eigenvalue weighted by molar-refractivity contribution is -0.119. The van der Waals surface area contributed by atoms with Crippen LogP contribution in [0.15, 0.2) is 35.5 Å². The van der Waals surface area contributed by atoms with E-state index >= 15 is 0 Å². The molecule has 0 spiro atoms. The van der Waals surface area contributed by atoms with Gasteiger partial charge in [-0.3, -0.25) is 14.5 Å². The number of allylic oxidation sites excluding steroid dienone is 2. The molecule has 5 rings (SSSR count). The molecule has 1 atom stereocenters. The summed E-state index contributed by atoms with van der Waals surface area (Å²) < 4.78 is 0. The second kappa shape index (κ2) is 8.67. The van der Waals surface area contributed by atoms with E-state index in [0.717, 1.165) is 65.9 Å². The number of ketones is 1. The van der Waals surface area contributed by atoms with Crippen molar-refractivity contribution in [1.29, 1.82) is 5.26 Å². The zero-order valence-electron chi connectivity index (χ0n) is 18.6. The Morgan fingerprint density at radius 2 is 1.81 bits per heavy atom. The Morgan fingerprint density at radius 1 is 1.03 bits per heavy atom. The van der Waals surface area contributed by atoms with Crippen molar-refractivity contribution in [3.05, 3.63) is 62.7 Å². The van der Waals surface area contributed by atoms with Gasteiger partial charge in [-0.25, -0.2) is 0 Å². The first-order valence-electron chi connectivity index (χ1n) is 11.8. The highest BCUT2D eigenvalue weighted by atomic mass is 32.1. The first-order valence-corrected chi connectivity index (χ1v) is 12.7. The van der Waals surface area contributed by atoms with Crippen molar-refractivity contribution in [2.24, 2.45) is 0 Å². The van der Waals surface area contributed by atoms with Gasteiger partial charge in [0.05, 0.1) is 5.56 Å². The molecule has 0 radical (unpaired) electrons. The molecular formula is C27H28N2O2S. The molecule has 164 valence electrons. The van der Waals surface area contributed by atoms with Gasteiger partial charge in [-0.15, -0.1) is 11.3 Å². The molecule has 1 unspecified atom stereocenters. The van der Waals surface area contributed by atoms with Gasteiger partial charge in [0, 0.05) is 34.9 Å². The van der Waals surface area contributed by atoms with E-state index < -0.39 is 0 Å². The van der Waals surface area contributed by atoms with Crippen LogP contribution in [-0.4, -0.2) is 11.7 Å². The average molecular weight is 445 g/mol. The van der Waals surface area contributed by atoms with Crippen LogP contribution in [0.2, 0.25) is 0 Å². The quantitative estimate of drug-likeness (QED) is 0.547. The summed E-state index contributed by atoms with van der Waals surface area (Å²) in [5.74, 6) is -0.0170. The van der Waals surface area contributed by atoms with Crippen LogP contribution in [0.3, 0.4) is 0 Å². The lowest BCUT2D eigenvalue weighted by atomic mass is 9.77. The van der Waals surface area contributed by atoms with E-state index in [-0.39, 0.29) is 24.0 Å². The number of Topliss-reactive ketones (excluding diaryl/α,β-unsaturated/α-hetero) is 1. The summed E-state index contributed by atoms with van der Waals surface area (Å²) in [5.41, 5.74) is 5.73. The minimum absolute atomic E-state index is 0.0101. The first kappa shape index (κ1) is 21.2. The zero-order valence-corrected chi connectivity index (χ0v) is 19.4. The van der Waals surface area contributed by atoms with Crippen molar-refractivity contribution >= 4 is 28.0 Å². The molecule has 3 aliphatic rings. The van der Waals surface area contributed by atoms with Crippen LogP contribution in [0, 0.1) is 11.3 Å². The third kappa shape index (κ3) is 3.51. The lowest BCUT2D eigenvalue weighted by Gasteiger charge is -2.38. The number of benzene rings is 1. The third-order valence-electron chi connectivity index (χ3n) is 7.18. The van der Waals surface area contributed by atoms with Gasteiger partial charge in [0.25, 0.3) is 0 Å². The Labute approximate surface area is 193 Å². The molecule has 0 bridgehead atoms. The fraction of sp³-hybridized carbons (Fsp3) is 0.444. The highest BCUT2D eigenvalue weighted by Gasteiger charge is 2.41. The standard InChI is InChI=1S/C27H28N2O2S/c1-2-17-11-13-18(14-12-17)20-15-25(31)29(22-8-6-9-23(30)26(20)22)27-21(16-28)19-7-4-3-5-10-24(19)32-27/h11-14,20H,2-10,15H2,1H3. The van der Waals surface area contributed by atoms with E-state index in [0.29, 0.717) is 18.4 Å². The molecule has 4 nitrogen and oxygen atoms in total. The summed E-state index contributed by atoms with van der Waals surface area (Å²) in [6.45, 7) is 2.12. The molecule has 1 aromatic heterocycles. The van der Waals surface area contributed by atoms with Gasteiger partial charge < -0.3 is 0 Å². The molecule has 2 aliphatic carbocycles. The van der Waals surface area contributed by atoms with Gasteiger partial charge in [0.2, 0.25) is 5.91 Å². The van der Waals surface area contributed by atoms with Gasteiger partial charge in [0.15, 0.2) is 5.78 Å². The van der Waals surface area contributed by atoms with Crippen molar-refractivity contribution in [3.8, 4) is 6.07 Å². The number of carbonyl (C=O) groups is 2. The molecule has 1 aliphatic heterocycles. The Kier molecular flexibility index (Phi) is 5.73. The molecule has 0 N–H and O–H groups in total. The number of thiophene rings is 1. The van der Waals surface area contributed by atoms with Gasteiger partial charge in [-0.1, -0.05) is 37.6 Å². The number of nitriles is 1. The molecular weight excluding hydrogens is 416 g/mol. The predicted molar refractivity (Wildman–Crippen MR) is 127 cm³/mol. The maximum atomic E-state index is 13.6. The third-order valence-corrected chi connectivity index (χ3v) is 8.46. The van der Waals surface area contributed by atoms with E-state index in [2.05, 4.69) is 37.3 Å². The minimum atomic E-state index is -0.184. The van der Waals surface area contributed by atoms with Crippen molar-refractivity contribution in [2.75, 3.05) is 4.90 Å². The number of fused-ring (bicyclic) bond motifs is 1. The summed E-state index contributed by atoms with van der Waals surface area (Å²) >= 11 is 1.61. The van der Waals surface area contributed by atoms with E-state index in [1.165, 1.54) is 16.9 Å². The molecule has 1 aromatic carbocycles. The normalized spacial score (nSPS) is 21.1. The molecule has 2 heterocycles. The fourth-order valence-electron chi connectivity index (χ4n) is 5.50. The Hall–Kier alpha value is -2.71. The van der Waals surface area contributed by atoms with Crippen molar-refractivity contribution < 1.29 is 9.59 Å². The number of rotatable bonds is 3. The number of anilines is 1. The second-order valence-corrected chi connectivity index (χ2v) is 10.2. The summed E-state index contributed by atoms with van der Waals surface area (Å²) in [6, 6.07) is 10.8. The first-order chi connectivity index (χ1) is 15.6. The zero-order chi connectivity index (χ0) is 22.2. The van der Waals surface area contributed by atoms with Crippen LogP contribution < -0.4 is 4.90 Å². The molecule has 0 saturated heterocycles. The number of hydrogen-bond donors (Lipinski definition) is 0. The van der Waals surface area contributed by atoms with Crippen LogP contribution in [0.4, 0.5) is 5.00 Å².